The second-order valence-electron chi connectivity index (χ2n) is 4.73. The average Bonchev–Trinajstić information content (AvgIpc) is 2.94. The summed E-state index contributed by atoms with van der Waals surface area (Å²) in [5, 5.41) is 0.862. The standard InChI is InChI=1S/C18H15NO2/c1-13(14-8-4-3-5-9-14)19-12-16(18(20)21-2)15-10-6-7-11-17(15)19/h3-12H,1H2,2H3. The van der Waals surface area contributed by atoms with E-state index in [2.05, 4.69) is 6.58 Å². The second-order valence-corrected chi connectivity index (χ2v) is 4.73. The van der Waals surface area contributed by atoms with Crippen molar-refractivity contribution in [1.29, 1.82) is 0 Å². The summed E-state index contributed by atoms with van der Waals surface area (Å²) in [6.07, 6.45) is 1.78. The molecule has 3 heteroatoms. The maximum absolute atomic E-state index is 11.9. The van der Waals surface area contributed by atoms with E-state index in [1.807, 2.05) is 59.2 Å². The Hall–Kier alpha value is -2.81. The summed E-state index contributed by atoms with van der Waals surface area (Å²) in [6, 6.07) is 17.6. The monoisotopic (exact) mass is 277 g/mol. The molecule has 0 aliphatic heterocycles. The lowest BCUT2D eigenvalue weighted by molar-refractivity contribution is 0.0603. The second kappa shape index (κ2) is 5.29. The summed E-state index contributed by atoms with van der Waals surface area (Å²) < 4.78 is 6.79. The molecule has 21 heavy (non-hydrogen) atoms. The SMILES string of the molecule is C=C(c1ccccc1)n1cc(C(=O)OC)c2ccccc21. The first-order chi connectivity index (χ1) is 10.2. The molecule has 0 aliphatic carbocycles. The number of para-hydroxylation sites is 1. The highest BCUT2D eigenvalue weighted by atomic mass is 16.5. The lowest BCUT2D eigenvalue weighted by Crippen LogP contribution is -2.00. The van der Waals surface area contributed by atoms with Crippen LogP contribution >= 0.6 is 0 Å². The first kappa shape index (κ1) is 13.2. The van der Waals surface area contributed by atoms with Crippen LogP contribution in [0.4, 0.5) is 0 Å². The van der Waals surface area contributed by atoms with Gasteiger partial charge in [-0.05, 0) is 11.6 Å². The van der Waals surface area contributed by atoms with E-state index < -0.39 is 0 Å². The lowest BCUT2D eigenvalue weighted by atomic mass is 10.1. The molecule has 104 valence electrons. The van der Waals surface area contributed by atoms with E-state index in [9.17, 15) is 4.79 Å². The lowest BCUT2D eigenvalue weighted by Gasteiger charge is -2.09. The molecule has 0 spiro atoms. The molecule has 3 nitrogen and oxygen atoms in total. The van der Waals surface area contributed by atoms with Crippen molar-refractivity contribution in [2.75, 3.05) is 7.11 Å². The molecule has 0 aliphatic rings. The van der Waals surface area contributed by atoms with Crippen molar-refractivity contribution in [3.8, 4) is 0 Å². The Bertz CT molecular complexity index is 816. The molecular weight excluding hydrogens is 262 g/mol. The van der Waals surface area contributed by atoms with Gasteiger partial charge in [0, 0.05) is 17.3 Å². The van der Waals surface area contributed by atoms with Gasteiger partial charge in [0.05, 0.1) is 18.2 Å². The fourth-order valence-electron chi connectivity index (χ4n) is 2.45. The number of carbonyl (C=O) groups is 1. The molecule has 0 unspecified atom stereocenters. The van der Waals surface area contributed by atoms with Crippen molar-refractivity contribution < 1.29 is 9.53 Å². The normalized spacial score (nSPS) is 10.5. The van der Waals surface area contributed by atoms with E-state index in [0.29, 0.717) is 5.56 Å². The Labute approximate surface area is 123 Å². The van der Waals surface area contributed by atoms with Crippen molar-refractivity contribution >= 4 is 22.6 Å². The van der Waals surface area contributed by atoms with Crippen molar-refractivity contribution in [2.24, 2.45) is 0 Å². The average molecular weight is 277 g/mol. The number of benzene rings is 2. The van der Waals surface area contributed by atoms with Gasteiger partial charge < -0.3 is 9.30 Å². The van der Waals surface area contributed by atoms with Crippen molar-refractivity contribution in [1.82, 2.24) is 4.57 Å². The van der Waals surface area contributed by atoms with Crippen molar-refractivity contribution in [3.05, 3.63) is 78.5 Å². The number of fused-ring (bicyclic) bond motifs is 1. The quantitative estimate of drug-likeness (QED) is 0.679. The molecule has 0 bridgehead atoms. The zero-order valence-electron chi connectivity index (χ0n) is 11.7. The van der Waals surface area contributed by atoms with Crippen LogP contribution in [0.2, 0.25) is 0 Å². The Kier molecular flexibility index (Phi) is 3.32. The molecule has 0 radical (unpaired) electrons. The fraction of sp³-hybridized carbons (Fsp3) is 0.0556. The highest BCUT2D eigenvalue weighted by Crippen LogP contribution is 2.27. The van der Waals surface area contributed by atoms with Gasteiger partial charge in [-0.3, -0.25) is 0 Å². The molecule has 0 saturated carbocycles. The van der Waals surface area contributed by atoms with E-state index in [4.69, 9.17) is 4.74 Å². The first-order valence-electron chi connectivity index (χ1n) is 6.65. The van der Waals surface area contributed by atoms with Gasteiger partial charge in [-0.15, -0.1) is 0 Å². The van der Waals surface area contributed by atoms with Crippen LogP contribution in [-0.4, -0.2) is 17.6 Å². The maximum atomic E-state index is 11.9. The van der Waals surface area contributed by atoms with Gasteiger partial charge in [0.2, 0.25) is 0 Å². The summed E-state index contributed by atoms with van der Waals surface area (Å²) in [6.45, 7) is 4.15. The van der Waals surface area contributed by atoms with E-state index in [-0.39, 0.29) is 5.97 Å². The zero-order valence-corrected chi connectivity index (χ0v) is 11.7. The van der Waals surface area contributed by atoms with Gasteiger partial charge in [-0.2, -0.15) is 0 Å². The molecule has 2 aromatic carbocycles. The van der Waals surface area contributed by atoms with E-state index in [1.165, 1.54) is 7.11 Å². The number of hydrogen-bond donors (Lipinski definition) is 0. The molecule has 1 aromatic heterocycles. The van der Waals surface area contributed by atoms with Crippen LogP contribution in [-0.2, 0) is 4.74 Å². The topological polar surface area (TPSA) is 31.2 Å². The van der Waals surface area contributed by atoms with Crippen LogP contribution in [0.1, 0.15) is 15.9 Å². The molecule has 1 heterocycles. The van der Waals surface area contributed by atoms with Gasteiger partial charge in [0.1, 0.15) is 0 Å². The number of hydrogen-bond acceptors (Lipinski definition) is 2. The summed E-state index contributed by atoms with van der Waals surface area (Å²) in [5.74, 6) is -0.342. The van der Waals surface area contributed by atoms with E-state index in [1.54, 1.807) is 6.20 Å². The van der Waals surface area contributed by atoms with Gasteiger partial charge in [0.15, 0.2) is 0 Å². The highest BCUT2D eigenvalue weighted by Gasteiger charge is 2.16. The van der Waals surface area contributed by atoms with Gasteiger partial charge in [0.25, 0.3) is 0 Å². The fourth-order valence-corrected chi connectivity index (χ4v) is 2.45. The van der Waals surface area contributed by atoms with Gasteiger partial charge in [-0.1, -0.05) is 55.1 Å². The number of rotatable bonds is 3. The summed E-state index contributed by atoms with van der Waals surface area (Å²) in [7, 11) is 1.39. The van der Waals surface area contributed by atoms with Crippen LogP contribution < -0.4 is 0 Å². The minimum absolute atomic E-state index is 0.342. The number of ether oxygens (including phenoxy) is 1. The smallest absolute Gasteiger partial charge is 0.340 e. The number of aromatic nitrogens is 1. The third kappa shape index (κ3) is 2.23. The first-order valence-corrected chi connectivity index (χ1v) is 6.65. The summed E-state index contributed by atoms with van der Waals surface area (Å²) >= 11 is 0. The summed E-state index contributed by atoms with van der Waals surface area (Å²) in [4.78, 5) is 11.9. The molecular formula is C18H15NO2. The minimum Gasteiger partial charge on any atom is -0.465 e. The van der Waals surface area contributed by atoms with Gasteiger partial charge >= 0.3 is 5.97 Å². The van der Waals surface area contributed by atoms with Gasteiger partial charge in [-0.25, -0.2) is 4.79 Å². The Balaban J connectivity index is 2.20. The predicted octanol–water partition coefficient (Wildman–Crippen LogP) is 3.95. The number of carbonyl (C=O) groups excluding carboxylic acids is 1. The van der Waals surface area contributed by atoms with Crippen LogP contribution in [0.3, 0.4) is 0 Å². The maximum Gasteiger partial charge on any atom is 0.340 e. The van der Waals surface area contributed by atoms with Crippen LogP contribution in [0.5, 0.6) is 0 Å². The van der Waals surface area contributed by atoms with Crippen LogP contribution in [0, 0.1) is 0 Å². The highest BCUT2D eigenvalue weighted by molar-refractivity contribution is 6.05. The molecule has 0 fully saturated rings. The molecule has 3 rings (SSSR count). The number of nitrogens with zero attached hydrogens (tertiary/aromatic N) is 1. The van der Waals surface area contributed by atoms with E-state index >= 15 is 0 Å². The molecule has 0 amide bonds. The Morgan fingerprint density at radius 2 is 1.71 bits per heavy atom. The Morgan fingerprint density at radius 1 is 1.05 bits per heavy atom. The third-order valence-corrected chi connectivity index (χ3v) is 3.52. The zero-order chi connectivity index (χ0) is 14.8. The van der Waals surface area contributed by atoms with Crippen molar-refractivity contribution in [3.63, 3.8) is 0 Å². The molecule has 0 saturated heterocycles. The van der Waals surface area contributed by atoms with Crippen LogP contribution in [0.15, 0.2) is 67.4 Å². The number of methoxy groups -OCH3 is 1. The molecule has 0 atom stereocenters. The Morgan fingerprint density at radius 3 is 2.43 bits per heavy atom. The molecule has 3 aromatic rings. The van der Waals surface area contributed by atoms with E-state index in [0.717, 1.165) is 22.2 Å². The number of esters is 1. The third-order valence-electron chi connectivity index (χ3n) is 3.52. The molecule has 0 N–H and O–H groups in total. The predicted molar refractivity (Wildman–Crippen MR) is 84.2 cm³/mol. The van der Waals surface area contributed by atoms with Crippen LogP contribution in [0.25, 0.3) is 16.6 Å². The summed E-state index contributed by atoms with van der Waals surface area (Å²) in [5.41, 5.74) is 3.31. The largest absolute Gasteiger partial charge is 0.465 e. The van der Waals surface area contributed by atoms with Crippen molar-refractivity contribution in [2.45, 2.75) is 0 Å². The minimum atomic E-state index is -0.342.